The number of hydrogen-bond donors (Lipinski definition) is 0. The Morgan fingerprint density at radius 3 is 2.70 bits per heavy atom. The number of rotatable bonds is 1. The second-order valence-electron chi connectivity index (χ2n) is 5.86. The largest absolute Gasteiger partial charge is 0.443 e. The topological polar surface area (TPSA) is 46.6 Å². The fourth-order valence-electron chi connectivity index (χ4n) is 2.22. The van der Waals surface area contributed by atoms with E-state index < -0.39 is 17.5 Å². The molecule has 0 bridgehead atoms. The van der Waals surface area contributed by atoms with Gasteiger partial charge in [-0.2, -0.15) is 0 Å². The van der Waals surface area contributed by atoms with Crippen LogP contribution in [0.5, 0.6) is 0 Å². The van der Waals surface area contributed by atoms with Crippen molar-refractivity contribution < 1.29 is 18.7 Å². The number of halogens is 1. The zero-order valence-corrected chi connectivity index (χ0v) is 11.9. The van der Waals surface area contributed by atoms with Crippen LogP contribution < -0.4 is 4.90 Å². The predicted molar refractivity (Wildman–Crippen MR) is 73.7 cm³/mol. The molecular formula is C15H18FNO3. The molecule has 1 amide bonds. The molecule has 1 aromatic carbocycles. The van der Waals surface area contributed by atoms with Crippen molar-refractivity contribution in [3.05, 3.63) is 29.1 Å². The summed E-state index contributed by atoms with van der Waals surface area (Å²) in [5.74, 6) is -0.616. The van der Waals surface area contributed by atoms with Crippen LogP contribution in [0.25, 0.3) is 0 Å². The van der Waals surface area contributed by atoms with Gasteiger partial charge in [0.1, 0.15) is 11.4 Å². The van der Waals surface area contributed by atoms with Crippen LogP contribution in [-0.4, -0.2) is 24.5 Å². The Bertz CT molecular complexity index is 549. The first-order chi connectivity index (χ1) is 9.31. The maximum Gasteiger partial charge on any atom is 0.414 e. The molecule has 4 nitrogen and oxygen atoms in total. The maximum absolute atomic E-state index is 13.7. The van der Waals surface area contributed by atoms with E-state index in [2.05, 4.69) is 0 Å². The third-order valence-electron chi connectivity index (χ3n) is 3.06. The van der Waals surface area contributed by atoms with Crippen molar-refractivity contribution in [1.29, 1.82) is 0 Å². The summed E-state index contributed by atoms with van der Waals surface area (Å²) < 4.78 is 19.1. The monoisotopic (exact) mass is 279 g/mol. The number of aldehydes is 1. The molecular weight excluding hydrogens is 261 g/mol. The molecule has 1 aromatic rings. The Hall–Kier alpha value is -1.91. The highest BCUT2D eigenvalue weighted by Gasteiger charge is 2.28. The predicted octanol–water partition coefficient (Wildman–Crippen LogP) is 3.33. The first kappa shape index (κ1) is 14.5. The van der Waals surface area contributed by atoms with Crippen LogP contribution in [0.4, 0.5) is 14.9 Å². The van der Waals surface area contributed by atoms with Crippen molar-refractivity contribution >= 4 is 18.1 Å². The molecule has 1 aliphatic rings. The summed E-state index contributed by atoms with van der Waals surface area (Å²) in [6.07, 6.45) is 1.48. The lowest BCUT2D eigenvalue weighted by atomic mass is 9.99. The minimum Gasteiger partial charge on any atom is -0.443 e. The average Bonchev–Trinajstić information content (AvgIpc) is 2.35. The molecule has 1 heterocycles. The molecule has 0 N–H and O–H groups in total. The fourth-order valence-corrected chi connectivity index (χ4v) is 2.22. The van der Waals surface area contributed by atoms with Gasteiger partial charge in [0, 0.05) is 6.54 Å². The molecule has 5 heteroatoms. The van der Waals surface area contributed by atoms with E-state index in [1.54, 1.807) is 20.8 Å². The Morgan fingerprint density at radius 2 is 2.10 bits per heavy atom. The Morgan fingerprint density at radius 1 is 1.40 bits per heavy atom. The van der Waals surface area contributed by atoms with Gasteiger partial charge in [0.2, 0.25) is 0 Å². The van der Waals surface area contributed by atoms with Gasteiger partial charge in [-0.1, -0.05) is 0 Å². The molecule has 0 aromatic heterocycles. The summed E-state index contributed by atoms with van der Waals surface area (Å²) in [7, 11) is 0. The molecule has 0 radical (unpaired) electrons. The number of carbonyl (C=O) groups is 2. The standard InChI is InChI=1S/C15H18FNO3/c1-15(2,3)20-14(19)17-6-4-5-10-7-11(9-18)12(16)8-13(10)17/h7-9H,4-6H2,1-3H3. The Kier molecular flexibility index (Phi) is 3.79. The number of carbonyl (C=O) groups excluding carboxylic acids is 2. The number of anilines is 1. The number of benzene rings is 1. The minimum absolute atomic E-state index is 0.0230. The van der Waals surface area contributed by atoms with Gasteiger partial charge in [0.15, 0.2) is 6.29 Å². The number of nitrogens with zero attached hydrogens (tertiary/aromatic N) is 1. The quantitative estimate of drug-likeness (QED) is 0.741. The van der Waals surface area contributed by atoms with Gasteiger partial charge in [-0.05, 0) is 51.3 Å². The second-order valence-corrected chi connectivity index (χ2v) is 5.86. The van der Waals surface area contributed by atoms with Crippen molar-refractivity contribution in [2.75, 3.05) is 11.4 Å². The zero-order chi connectivity index (χ0) is 14.9. The van der Waals surface area contributed by atoms with Gasteiger partial charge < -0.3 is 4.74 Å². The SMILES string of the molecule is CC(C)(C)OC(=O)N1CCCc2cc(C=O)c(F)cc21. The van der Waals surface area contributed by atoms with Crippen LogP contribution in [0.1, 0.15) is 43.1 Å². The molecule has 108 valence electrons. The first-order valence-electron chi connectivity index (χ1n) is 6.60. The summed E-state index contributed by atoms with van der Waals surface area (Å²) in [6, 6.07) is 2.75. The van der Waals surface area contributed by atoms with Gasteiger partial charge in [0.25, 0.3) is 0 Å². The first-order valence-corrected chi connectivity index (χ1v) is 6.60. The van der Waals surface area contributed by atoms with Crippen LogP contribution in [0.15, 0.2) is 12.1 Å². The molecule has 1 aliphatic heterocycles. The number of aryl methyl sites for hydroxylation is 1. The summed E-state index contributed by atoms with van der Waals surface area (Å²) in [6.45, 7) is 5.84. The molecule has 0 aliphatic carbocycles. The highest BCUT2D eigenvalue weighted by molar-refractivity contribution is 5.90. The van der Waals surface area contributed by atoms with E-state index in [4.69, 9.17) is 4.74 Å². The van der Waals surface area contributed by atoms with Crippen LogP contribution >= 0.6 is 0 Å². The smallest absolute Gasteiger partial charge is 0.414 e. The number of hydrogen-bond acceptors (Lipinski definition) is 3. The van der Waals surface area contributed by atoms with Gasteiger partial charge in [-0.25, -0.2) is 9.18 Å². The van der Waals surface area contributed by atoms with E-state index in [1.807, 2.05) is 0 Å². The van der Waals surface area contributed by atoms with Crippen LogP contribution in [0, 0.1) is 5.82 Å². The average molecular weight is 279 g/mol. The molecule has 0 atom stereocenters. The van der Waals surface area contributed by atoms with E-state index >= 15 is 0 Å². The van der Waals surface area contributed by atoms with E-state index in [-0.39, 0.29) is 5.56 Å². The summed E-state index contributed by atoms with van der Waals surface area (Å²) in [5, 5.41) is 0. The molecule has 0 fully saturated rings. The van der Waals surface area contributed by atoms with Crippen molar-refractivity contribution in [3.63, 3.8) is 0 Å². The lowest BCUT2D eigenvalue weighted by molar-refractivity contribution is 0.0577. The van der Waals surface area contributed by atoms with E-state index in [0.29, 0.717) is 18.5 Å². The zero-order valence-electron chi connectivity index (χ0n) is 11.9. The van der Waals surface area contributed by atoms with Crippen LogP contribution in [0.2, 0.25) is 0 Å². The van der Waals surface area contributed by atoms with Crippen LogP contribution in [-0.2, 0) is 11.2 Å². The Balaban J connectivity index is 2.35. The van der Waals surface area contributed by atoms with Gasteiger partial charge in [-0.15, -0.1) is 0 Å². The highest BCUT2D eigenvalue weighted by atomic mass is 19.1. The number of fused-ring (bicyclic) bond motifs is 1. The van der Waals surface area contributed by atoms with Gasteiger partial charge in [-0.3, -0.25) is 9.69 Å². The minimum atomic E-state index is -0.616. The summed E-state index contributed by atoms with van der Waals surface area (Å²) >= 11 is 0. The van der Waals surface area contributed by atoms with E-state index in [0.717, 1.165) is 18.4 Å². The highest BCUT2D eigenvalue weighted by Crippen LogP contribution is 2.30. The van der Waals surface area contributed by atoms with Crippen molar-refractivity contribution in [2.24, 2.45) is 0 Å². The molecule has 0 saturated heterocycles. The maximum atomic E-state index is 13.7. The molecule has 0 unspecified atom stereocenters. The molecule has 20 heavy (non-hydrogen) atoms. The number of ether oxygens (including phenoxy) is 1. The third kappa shape index (κ3) is 2.98. The van der Waals surface area contributed by atoms with Gasteiger partial charge >= 0.3 is 6.09 Å². The molecule has 0 spiro atoms. The van der Waals surface area contributed by atoms with Crippen molar-refractivity contribution in [1.82, 2.24) is 0 Å². The van der Waals surface area contributed by atoms with E-state index in [1.165, 1.54) is 17.0 Å². The molecule has 2 rings (SSSR count). The molecule has 0 saturated carbocycles. The normalized spacial score (nSPS) is 14.7. The van der Waals surface area contributed by atoms with E-state index in [9.17, 15) is 14.0 Å². The summed E-state index contributed by atoms with van der Waals surface area (Å²) in [5.41, 5.74) is 0.713. The lowest BCUT2D eigenvalue weighted by Crippen LogP contribution is -2.40. The van der Waals surface area contributed by atoms with Crippen molar-refractivity contribution in [3.8, 4) is 0 Å². The lowest BCUT2D eigenvalue weighted by Gasteiger charge is -2.31. The van der Waals surface area contributed by atoms with Gasteiger partial charge in [0.05, 0.1) is 11.3 Å². The summed E-state index contributed by atoms with van der Waals surface area (Å²) in [4.78, 5) is 24.4. The number of amides is 1. The fraction of sp³-hybridized carbons (Fsp3) is 0.467. The third-order valence-corrected chi connectivity index (χ3v) is 3.06. The second kappa shape index (κ2) is 5.23. The van der Waals surface area contributed by atoms with Crippen molar-refractivity contribution in [2.45, 2.75) is 39.2 Å². The van der Waals surface area contributed by atoms with Crippen LogP contribution in [0.3, 0.4) is 0 Å². The Labute approximate surface area is 117 Å².